The number of benzene rings is 1. The molecule has 0 radical (unpaired) electrons. The van der Waals surface area contributed by atoms with Crippen LogP contribution < -0.4 is 9.88 Å². The zero-order valence-corrected chi connectivity index (χ0v) is 11.1. The summed E-state index contributed by atoms with van der Waals surface area (Å²) < 4.78 is 28.1. The Bertz CT molecular complexity index is 511. The van der Waals surface area contributed by atoms with Crippen molar-refractivity contribution in [2.24, 2.45) is 5.14 Å². The second-order valence-corrected chi connectivity index (χ2v) is 5.80. The molecule has 0 fully saturated rings. The van der Waals surface area contributed by atoms with Crippen LogP contribution in [0, 0.1) is 0 Å². The number of rotatable bonds is 4. The van der Waals surface area contributed by atoms with Crippen molar-refractivity contribution in [2.75, 3.05) is 6.61 Å². The molecule has 0 aliphatic carbocycles. The Hall–Kier alpha value is -0.850. The predicted molar refractivity (Wildman–Crippen MR) is 65.8 cm³/mol. The maximum atomic E-state index is 11.1. The number of ether oxygens (including phenoxy) is 1. The Balaban J connectivity index is 2.96. The molecular formula is C10H12BrNO3S. The normalized spacial score (nSPS) is 11.2. The second-order valence-electron chi connectivity index (χ2n) is 3.38. The lowest BCUT2D eigenvalue weighted by Gasteiger charge is -2.08. The summed E-state index contributed by atoms with van der Waals surface area (Å²) in [7, 11) is -3.68. The van der Waals surface area contributed by atoms with E-state index in [0.717, 1.165) is 5.57 Å². The monoisotopic (exact) mass is 305 g/mol. The lowest BCUT2D eigenvalue weighted by molar-refractivity contribution is 0.350. The number of hydrogen-bond acceptors (Lipinski definition) is 3. The summed E-state index contributed by atoms with van der Waals surface area (Å²) in [5, 5.41) is 4.99. The third-order valence-electron chi connectivity index (χ3n) is 1.71. The molecule has 1 aromatic rings. The molecule has 1 aromatic carbocycles. The molecule has 0 saturated heterocycles. The Morgan fingerprint density at radius 2 is 2.19 bits per heavy atom. The first-order valence-electron chi connectivity index (χ1n) is 4.40. The highest BCUT2D eigenvalue weighted by Crippen LogP contribution is 2.27. The van der Waals surface area contributed by atoms with Gasteiger partial charge in [-0.1, -0.05) is 6.58 Å². The van der Waals surface area contributed by atoms with E-state index in [0.29, 0.717) is 16.8 Å². The number of primary sulfonamides is 1. The van der Waals surface area contributed by atoms with Gasteiger partial charge in [0.05, 0.1) is 9.37 Å². The van der Waals surface area contributed by atoms with Crippen molar-refractivity contribution in [2.45, 2.75) is 11.8 Å². The number of nitrogens with two attached hydrogens (primary N) is 1. The van der Waals surface area contributed by atoms with Crippen LogP contribution >= 0.6 is 15.9 Å². The summed E-state index contributed by atoms with van der Waals surface area (Å²) in [6, 6.07) is 4.35. The lowest BCUT2D eigenvalue weighted by atomic mass is 10.3. The van der Waals surface area contributed by atoms with Crippen LogP contribution in [0.3, 0.4) is 0 Å². The van der Waals surface area contributed by atoms with Gasteiger partial charge >= 0.3 is 0 Å². The van der Waals surface area contributed by atoms with Gasteiger partial charge in [0.25, 0.3) is 0 Å². The maximum absolute atomic E-state index is 11.1. The SMILES string of the molecule is C=C(C)COc1ccc(S(N)(=O)=O)cc1Br. The van der Waals surface area contributed by atoms with Crippen LogP contribution in [0.2, 0.25) is 0 Å². The summed E-state index contributed by atoms with van der Waals surface area (Å²) in [6.45, 7) is 5.92. The molecule has 16 heavy (non-hydrogen) atoms. The van der Waals surface area contributed by atoms with E-state index < -0.39 is 10.0 Å². The van der Waals surface area contributed by atoms with Crippen LogP contribution in [-0.2, 0) is 10.0 Å². The van der Waals surface area contributed by atoms with Gasteiger partial charge < -0.3 is 4.74 Å². The Labute approximate surface area is 103 Å². The molecular weight excluding hydrogens is 294 g/mol. The maximum Gasteiger partial charge on any atom is 0.238 e. The third kappa shape index (κ3) is 3.62. The topological polar surface area (TPSA) is 69.4 Å². The molecule has 88 valence electrons. The highest BCUT2D eigenvalue weighted by atomic mass is 79.9. The van der Waals surface area contributed by atoms with Crippen molar-refractivity contribution in [3.05, 3.63) is 34.8 Å². The van der Waals surface area contributed by atoms with Crippen molar-refractivity contribution in [1.29, 1.82) is 0 Å². The zero-order valence-electron chi connectivity index (χ0n) is 8.73. The van der Waals surface area contributed by atoms with Gasteiger partial charge in [0, 0.05) is 0 Å². The fraction of sp³-hybridized carbons (Fsp3) is 0.200. The second kappa shape index (κ2) is 4.99. The molecule has 0 unspecified atom stereocenters. The average molecular weight is 306 g/mol. The Morgan fingerprint density at radius 1 is 1.56 bits per heavy atom. The molecule has 0 saturated carbocycles. The molecule has 6 heteroatoms. The fourth-order valence-corrected chi connectivity index (χ4v) is 2.16. The molecule has 0 atom stereocenters. The molecule has 4 nitrogen and oxygen atoms in total. The van der Waals surface area contributed by atoms with E-state index in [9.17, 15) is 8.42 Å². The molecule has 0 spiro atoms. The minimum Gasteiger partial charge on any atom is -0.488 e. The summed E-state index contributed by atoms with van der Waals surface area (Å²) in [4.78, 5) is 0.0436. The van der Waals surface area contributed by atoms with Gasteiger partial charge in [0.2, 0.25) is 10.0 Å². The lowest BCUT2D eigenvalue weighted by Crippen LogP contribution is -2.12. The standard InChI is InChI=1S/C10H12BrNO3S/c1-7(2)6-15-10-4-3-8(5-9(10)11)16(12,13)14/h3-5H,1,6H2,2H3,(H2,12,13,14). The van der Waals surface area contributed by atoms with Crippen LogP contribution in [0.15, 0.2) is 39.7 Å². The molecule has 0 aromatic heterocycles. The van der Waals surface area contributed by atoms with E-state index in [1.807, 2.05) is 6.92 Å². The van der Waals surface area contributed by atoms with Crippen LogP contribution in [0.4, 0.5) is 0 Å². The molecule has 0 heterocycles. The highest BCUT2D eigenvalue weighted by molar-refractivity contribution is 9.10. The fourth-order valence-electron chi connectivity index (χ4n) is 0.977. The van der Waals surface area contributed by atoms with Crippen LogP contribution in [-0.4, -0.2) is 15.0 Å². The van der Waals surface area contributed by atoms with E-state index in [4.69, 9.17) is 9.88 Å². The van der Waals surface area contributed by atoms with Crippen LogP contribution in [0.5, 0.6) is 5.75 Å². The number of halogens is 1. The summed E-state index contributed by atoms with van der Waals surface area (Å²) in [6.07, 6.45) is 0. The van der Waals surface area contributed by atoms with Gasteiger partial charge in [-0.25, -0.2) is 13.6 Å². The molecule has 0 amide bonds. The predicted octanol–water partition coefficient (Wildman–Crippen LogP) is 2.05. The van der Waals surface area contributed by atoms with Crippen molar-refractivity contribution >= 4 is 26.0 Å². The van der Waals surface area contributed by atoms with E-state index in [-0.39, 0.29) is 4.90 Å². The van der Waals surface area contributed by atoms with E-state index in [1.54, 1.807) is 6.07 Å². The smallest absolute Gasteiger partial charge is 0.238 e. The first kappa shape index (κ1) is 13.2. The minimum absolute atomic E-state index is 0.0436. The van der Waals surface area contributed by atoms with Gasteiger partial charge in [-0.15, -0.1) is 0 Å². The van der Waals surface area contributed by atoms with Gasteiger partial charge in [-0.05, 0) is 46.6 Å². The van der Waals surface area contributed by atoms with Gasteiger partial charge in [-0.3, -0.25) is 0 Å². The first-order valence-corrected chi connectivity index (χ1v) is 6.74. The Morgan fingerprint density at radius 3 is 2.62 bits per heavy atom. The van der Waals surface area contributed by atoms with E-state index in [1.165, 1.54) is 12.1 Å². The summed E-state index contributed by atoms with van der Waals surface area (Å²) in [5.74, 6) is 0.551. The molecule has 0 bridgehead atoms. The number of sulfonamides is 1. The minimum atomic E-state index is -3.68. The third-order valence-corrected chi connectivity index (χ3v) is 3.24. The molecule has 2 N–H and O–H groups in total. The van der Waals surface area contributed by atoms with Crippen molar-refractivity contribution in [1.82, 2.24) is 0 Å². The van der Waals surface area contributed by atoms with Crippen molar-refractivity contribution < 1.29 is 13.2 Å². The van der Waals surface area contributed by atoms with Gasteiger partial charge in [0.1, 0.15) is 12.4 Å². The first-order chi connectivity index (χ1) is 7.30. The number of hydrogen-bond donors (Lipinski definition) is 1. The van der Waals surface area contributed by atoms with Crippen molar-refractivity contribution in [3.8, 4) is 5.75 Å². The molecule has 1 rings (SSSR count). The average Bonchev–Trinajstić information content (AvgIpc) is 2.14. The van der Waals surface area contributed by atoms with Crippen LogP contribution in [0.1, 0.15) is 6.92 Å². The highest BCUT2D eigenvalue weighted by Gasteiger charge is 2.10. The largest absolute Gasteiger partial charge is 0.488 e. The molecule has 0 aliphatic rings. The van der Waals surface area contributed by atoms with Crippen molar-refractivity contribution in [3.63, 3.8) is 0 Å². The summed E-state index contributed by atoms with van der Waals surface area (Å²) >= 11 is 3.22. The molecule has 0 aliphatic heterocycles. The van der Waals surface area contributed by atoms with Crippen LogP contribution in [0.25, 0.3) is 0 Å². The summed E-state index contributed by atoms with van der Waals surface area (Å²) in [5.41, 5.74) is 0.877. The van der Waals surface area contributed by atoms with Gasteiger partial charge in [0.15, 0.2) is 0 Å². The zero-order chi connectivity index (χ0) is 12.3. The van der Waals surface area contributed by atoms with E-state index >= 15 is 0 Å². The Kier molecular flexibility index (Phi) is 4.12. The quantitative estimate of drug-likeness (QED) is 0.866. The van der Waals surface area contributed by atoms with Gasteiger partial charge in [-0.2, -0.15) is 0 Å². The van der Waals surface area contributed by atoms with E-state index in [2.05, 4.69) is 22.5 Å².